The van der Waals surface area contributed by atoms with Crippen LogP contribution in [0.4, 0.5) is 9.59 Å². The molecule has 0 aliphatic carbocycles. The predicted molar refractivity (Wildman–Crippen MR) is 192 cm³/mol. The summed E-state index contributed by atoms with van der Waals surface area (Å²) in [6.07, 6.45) is -7.54. The Morgan fingerprint density at radius 3 is 1.78 bits per heavy atom. The van der Waals surface area contributed by atoms with Crippen LogP contribution in [-0.4, -0.2) is 152 Å². The molecule has 0 saturated carbocycles. The molecule has 19 nitrogen and oxygen atoms in total. The van der Waals surface area contributed by atoms with E-state index in [1.54, 1.807) is 20.8 Å². The van der Waals surface area contributed by atoms with Crippen LogP contribution >= 0.6 is 23.8 Å². The van der Waals surface area contributed by atoms with Crippen LogP contribution in [-0.2, 0) is 32.4 Å². The van der Waals surface area contributed by atoms with E-state index in [2.05, 4.69) is 10.6 Å². The molecule has 2 amide bonds. The summed E-state index contributed by atoms with van der Waals surface area (Å²) in [6, 6.07) is 0. The van der Waals surface area contributed by atoms with Gasteiger partial charge in [-0.05, 0) is 49.9 Å². The zero-order valence-electron chi connectivity index (χ0n) is 30.3. The van der Waals surface area contributed by atoms with Crippen LogP contribution in [0.5, 0.6) is 0 Å². The summed E-state index contributed by atoms with van der Waals surface area (Å²) in [4.78, 5) is 133. The number of carbonyl (C=O) groups is 4. The molecule has 0 heterocycles. The molecule has 0 spiro atoms. The standard InChI is InChI=1S/C27H56N2O17S2Si3/c1-15(14-48-46-49(34)35)20(43-17(3)31)22(45-26(33)29-8)23(47-9)24(51(39,40)41)21(42-13-16(2)30)19(44-25(32)28-7)11-10-18(50(36,37)38)12-27(4,5)6/h15,18-24,34-41,49H,10-14H2,1-9H3,(H,28,32)(H,29,33). The predicted octanol–water partition coefficient (Wildman–Crippen LogP) is -1.14. The van der Waals surface area contributed by atoms with Crippen LogP contribution in [0.25, 0.3) is 0 Å². The number of esters is 1. The quantitative estimate of drug-likeness (QED) is 0.0252. The Hall–Kier alpha value is -1.37. The lowest BCUT2D eigenvalue weighted by Crippen LogP contribution is -2.60. The van der Waals surface area contributed by atoms with E-state index in [0.29, 0.717) is 12.0 Å². The number of ether oxygens (including phenoxy) is 4. The van der Waals surface area contributed by atoms with E-state index in [0.717, 1.165) is 25.6 Å². The van der Waals surface area contributed by atoms with E-state index >= 15 is 0 Å². The Balaban J connectivity index is 7.55. The molecule has 0 radical (unpaired) electrons. The van der Waals surface area contributed by atoms with Gasteiger partial charge in [-0.25, -0.2) is 9.59 Å². The van der Waals surface area contributed by atoms with Crippen molar-refractivity contribution in [3.8, 4) is 0 Å². The van der Waals surface area contributed by atoms with E-state index in [9.17, 15) is 57.5 Å². The average molecular weight is 829 g/mol. The summed E-state index contributed by atoms with van der Waals surface area (Å²) < 4.78 is 27.5. The van der Waals surface area contributed by atoms with Crippen molar-refractivity contribution in [3.05, 3.63) is 0 Å². The maximum atomic E-state index is 12.7. The highest BCUT2D eigenvalue weighted by atomic mass is 32.2. The minimum absolute atomic E-state index is 0.0706. The zero-order valence-corrected chi connectivity index (χ0v) is 35.1. The number of hydrogen-bond acceptors (Lipinski definition) is 19. The summed E-state index contributed by atoms with van der Waals surface area (Å²) in [7, 11) is -11.4. The normalized spacial score (nSPS) is 17.3. The number of rotatable bonds is 23. The van der Waals surface area contributed by atoms with Crippen LogP contribution in [0, 0.1) is 11.3 Å². The van der Waals surface area contributed by atoms with Gasteiger partial charge in [0.05, 0.1) is 10.8 Å². The van der Waals surface area contributed by atoms with Gasteiger partial charge in [-0.15, -0.1) is 0 Å². The van der Waals surface area contributed by atoms with Crippen LogP contribution in [0.1, 0.15) is 60.8 Å². The third-order valence-electron chi connectivity index (χ3n) is 7.38. The second-order valence-electron chi connectivity index (χ2n) is 13.2. The number of nitrogens with one attached hydrogen (secondary N) is 2. The minimum Gasteiger partial charge on any atom is -0.458 e. The molecule has 8 atom stereocenters. The summed E-state index contributed by atoms with van der Waals surface area (Å²) in [5, 5.41) is 3.03. The SMILES string of the molecule is CNC(=O)OC(CCC(CC(C)(C)C)[Si](O)(O)O)C(OCC(C)=O)C(C(SC)C(OC(=O)NC)C(OC(C)=O)C(C)CSO[SiH](O)O)[Si](O)(O)O. The first-order chi connectivity index (χ1) is 23.3. The highest BCUT2D eigenvalue weighted by Crippen LogP contribution is 2.43. The Labute approximate surface area is 310 Å². The molecule has 10 N–H and O–H groups in total. The second kappa shape index (κ2) is 22.8. The number of carbonyl (C=O) groups excluding carboxylic acids is 4. The smallest absolute Gasteiger partial charge is 0.458 e. The van der Waals surface area contributed by atoms with Gasteiger partial charge in [0.15, 0.2) is 11.9 Å². The lowest BCUT2D eigenvalue weighted by Gasteiger charge is -2.43. The lowest BCUT2D eigenvalue weighted by atomic mass is 9.88. The maximum Gasteiger partial charge on any atom is 0.500 e. The van der Waals surface area contributed by atoms with Crippen LogP contribution in [0.15, 0.2) is 0 Å². The highest BCUT2D eigenvalue weighted by molar-refractivity contribution is 7.99. The molecule has 300 valence electrons. The molecule has 8 unspecified atom stereocenters. The summed E-state index contributed by atoms with van der Waals surface area (Å²) >= 11 is 1.45. The van der Waals surface area contributed by atoms with E-state index in [1.807, 2.05) is 0 Å². The molecule has 0 saturated heterocycles. The third-order valence-corrected chi connectivity index (χ3v) is 13.8. The molecule has 0 rings (SSSR count). The van der Waals surface area contributed by atoms with Crippen molar-refractivity contribution in [2.75, 3.05) is 32.7 Å². The van der Waals surface area contributed by atoms with E-state index in [4.69, 9.17) is 22.8 Å². The van der Waals surface area contributed by atoms with Crippen molar-refractivity contribution in [2.24, 2.45) is 11.3 Å². The zero-order chi connectivity index (χ0) is 39.9. The van der Waals surface area contributed by atoms with Crippen molar-refractivity contribution in [2.45, 2.75) is 102 Å². The van der Waals surface area contributed by atoms with Gasteiger partial charge in [0.25, 0.3) is 0 Å². The maximum absolute atomic E-state index is 12.7. The van der Waals surface area contributed by atoms with Crippen molar-refractivity contribution in [1.82, 2.24) is 10.6 Å². The Morgan fingerprint density at radius 1 is 0.824 bits per heavy atom. The fraction of sp³-hybridized carbons (Fsp3) is 0.852. The minimum atomic E-state index is -5.60. The molecule has 0 aromatic heterocycles. The number of thioether (sulfide) groups is 1. The number of alkyl carbamates (subject to hydrolysis) is 2. The van der Waals surface area contributed by atoms with Crippen molar-refractivity contribution < 1.29 is 80.4 Å². The van der Waals surface area contributed by atoms with Gasteiger partial charge >= 0.3 is 45.3 Å². The first-order valence-corrected chi connectivity index (χ1v) is 23.4. The van der Waals surface area contributed by atoms with Crippen molar-refractivity contribution in [3.63, 3.8) is 0 Å². The molecular weight excluding hydrogens is 773 g/mol. The fourth-order valence-electron chi connectivity index (χ4n) is 5.30. The fourth-order valence-corrected chi connectivity index (χ4v) is 11.2. The van der Waals surface area contributed by atoms with Crippen LogP contribution in [0.2, 0.25) is 11.1 Å². The molecule has 0 aromatic carbocycles. The van der Waals surface area contributed by atoms with Gasteiger partial charge in [0.2, 0.25) is 0 Å². The second-order valence-corrected chi connectivity index (χ2v) is 20.4. The summed E-state index contributed by atoms with van der Waals surface area (Å²) in [5.74, 6) is -2.29. The number of hydrogen-bond donors (Lipinski definition) is 10. The van der Waals surface area contributed by atoms with E-state index in [1.165, 1.54) is 27.3 Å². The third kappa shape index (κ3) is 19.5. The summed E-state index contributed by atoms with van der Waals surface area (Å²) in [6.45, 7) is 8.44. The molecular formula is C27H56N2O17S2Si3. The van der Waals surface area contributed by atoms with Crippen LogP contribution < -0.4 is 10.6 Å². The van der Waals surface area contributed by atoms with Gasteiger partial charge in [-0.1, -0.05) is 27.7 Å². The Bertz CT molecular complexity index is 1090. The van der Waals surface area contributed by atoms with Gasteiger partial charge < -0.3 is 71.8 Å². The molecule has 24 heteroatoms. The van der Waals surface area contributed by atoms with Gasteiger partial charge in [0, 0.05) is 38.2 Å². The van der Waals surface area contributed by atoms with E-state index < -0.39 is 110 Å². The monoisotopic (exact) mass is 828 g/mol. The Kier molecular flexibility index (Phi) is 22.1. The summed E-state index contributed by atoms with van der Waals surface area (Å²) in [5.41, 5.74) is -3.56. The number of amides is 2. The Morgan fingerprint density at radius 2 is 1.37 bits per heavy atom. The lowest BCUT2D eigenvalue weighted by molar-refractivity contribution is -0.156. The van der Waals surface area contributed by atoms with Gasteiger partial charge in [-0.3, -0.25) is 9.59 Å². The van der Waals surface area contributed by atoms with Crippen LogP contribution in [0.3, 0.4) is 0 Å². The molecule has 0 aliphatic heterocycles. The number of Topliss-reactive ketones (excluding diaryl/α,β-unsaturated/α-hetero) is 1. The van der Waals surface area contributed by atoms with Gasteiger partial charge in [0.1, 0.15) is 24.9 Å². The molecule has 51 heavy (non-hydrogen) atoms. The molecule has 0 aromatic rings. The average Bonchev–Trinajstić information content (AvgIpc) is 2.97. The highest BCUT2D eigenvalue weighted by Gasteiger charge is 2.57. The molecule has 0 fully saturated rings. The first kappa shape index (κ1) is 49.6. The first-order valence-electron chi connectivity index (χ1n) is 15.8. The van der Waals surface area contributed by atoms with Crippen molar-refractivity contribution >= 4 is 74.9 Å². The largest absolute Gasteiger partial charge is 0.500 e. The topological polar surface area (TPSA) is 300 Å². The van der Waals surface area contributed by atoms with Gasteiger partial charge in [-0.2, -0.15) is 11.8 Å². The molecule has 0 aliphatic rings. The molecule has 0 bridgehead atoms. The number of ketones is 1. The van der Waals surface area contributed by atoms with Crippen molar-refractivity contribution in [1.29, 1.82) is 0 Å². The van der Waals surface area contributed by atoms with E-state index in [-0.39, 0.29) is 25.0 Å².